The Morgan fingerprint density at radius 3 is 2.62 bits per heavy atom. The summed E-state index contributed by atoms with van der Waals surface area (Å²) in [4.78, 5) is 7.31. The molecule has 0 saturated heterocycles. The van der Waals surface area contributed by atoms with Crippen molar-refractivity contribution in [1.29, 1.82) is 0 Å². The Balaban J connectivity index is 2.10. The lowest BCUT2D eigenvalue weighted by molar-refractivity contribution is -0.141. The van der Waals surface area contributed by atoms with E-state index < -0.39 is 11.9 Å². The third kappa shape index (κ3) is 4.09. The van der Waals surface area contributed by atoms with Gasteiger partial charge in [0.2, 0.25) is 11.8 Å². The number of allylic oxidation sites excluding steroid dienone is 2. The van der Waals surface area contributed by atoms with Gasteiger partial charge in [-0.25, -0.2) is 4.98 Å². The second kappa shape index (κ2) is 6.32. The number of hydrogen-bond acceptors (Lipinski definition) is 4. The molecule has 1 aliphatic rings. The topological polar surface area (TPSA) is 47.0 Å². The number of hydrogen-bond donors (Lipinski definition) is 1. The molecule has 0 amide bonds. The van der Waals surface area contributed by atoms with Gasteiger partial charge in [0.25, 0.3) is 0 Å². The Morgan fingerprint density at radius 2 is 2.00 bits per heavy atom. The maximum atomic E-state index is 12.8. The maximum absolute atomic E-state index is 12.8. The summed E-state index contributed by atoms with van der Waals surface area (Å²) >= 11 is 0. The highest BCUT2D eigenvalue weighted by atomic mass is 19.4. The fraction of sp³-hybridized carbons (Fsp3) is 0.571. The second-order valence-electron chi connectivity index (χ2n) is 5.15. The third-order valence-electron chi connectivity index (χ3n) is 3.58. The van der Waals surface area contributed by atoms with Crippen molar-refractivity contribution in [3.05, 3.63) is 23.9 Å². The first kappa shape index (κ1) is 15.6. The quantitative estimate of drug-likeness (QED) is 0.864. The Bertz CT molecular complexity index is 517. The molecular weight excluding hydrogens is 283 g/mol. The van der Waals surface area contributed by atoms with Gasteiger partial charge in [-0.05, 0) is 24.7 Å². The van der Waals surface area contributed by atoms with Gasteiger partial charge in [-0.15, -0.1) is 0 Å². The molecule has 116 valence electrons. The first-order chi connectivity index (χ1) is 9.90. The van der Waals surface area contributed by atoms with Crippen LogP contribution in [0.3, 0.4) is 0 Å². The molecule has 0 fully saturated rings. The molecule has 2 unspecified atom stereocenters. The molecule has 7 heteroatoms. The summed E-state index contributed by atoms with van der Waals surface area (Å²) in [6.45, 7) is 2.46. The molecule has 0 spiro atoms. The molecule has 0 saturated carbocycles. The number of anilines is 1. The lowest BCUT2D eigenvalue weighted by Crippen LogP contribution is -2.22. The van der Waals surface area contributed by atoms with Gasteiger partial charge < -0.3 is 10.1 Å². The van der Waals surface area contributed by atoms with Gasteiger partial charge in [-0.2, -0.15) is 18.2 Å². The summed E-state index contributed by atoms with van der Waals surface area (Å²) in [6.07, 6.45) is 1.51. The fourth-order valence-corrected chi connectivity index (χ4v) is 2.19. The van der Waals surface area contributed by atoms with E-state index in [2.05, 4.69) is 34.4 Å². The zero-order valence-corrected chi connectivity index (χ0v) is 11.9. The molecule has 1 N–H and O–H groups in total. The van der Waals surface area contributed by atoms with Crippen molar-refractivity contribution in [3.63, 3.8) is 0 Å². The van der Waals surface area contributed by atoms with Crippen molar-refractivity contribution < 1.29 is 17.9 Å². The maximum Gasteiger partial charge on any atom is 0.433 e. The van der Waals surface area contributed by atoms with Crippen molar-refractivity contribution in [3.8, 4) is 5.88 Å². The number of halogens is 3. The summed E-state index contributed by atoms with van der Waals surface area (Å²) in [6, 6.07) is 0.837. The molecule has 4 nitrogen and oxygen atoms in total. The molecule has 1 aromatic heterocycles. The van der Waals surface area contributed by atoms with Crippen molar-refractivity contribution in [2.45, 2.75) is 25.9 Å². The van der Waals surface area contributed by atoms with E-state index in [0.717, 1.165) is 18.9 Å². The minimum Gasteiger partial charge on any atom is -0.477 e. The van der Waals surface area contributed by atoms with E-state index in [1.165, 1.54) is 7.05 Å². The van der Waals surface area contributed by atoms with Crippen LogP contribution in [0.25, 0.3) is 0 Å². The van der Waals surface area contributed by atoms with Crippen LogP contribution in [0.15, 0.2) is 18.2 Å². The van der Waals surface area contributed by atoms with Crippen LogP contribution >= 0.6 is 0 Å². The van der Waals surface area contributed by atoms with Crippen LogP contribution in [0.2, 0.25) is 0 Å². The minimum absolute atomic E-state index is 0.0524. The van der Waals surface area contributed by atoms with Gasteiger partial charge in [-0.3, -0.25) is 0 Å². The normalized spacial score (nSPS) is 22.1. The van der Waals surface area contributed by atoms with Crippen molar-refractivity contribution in [1.82, 2.24) is 9.97 Å². The number of nitrogens with one attached hydrogen (secondary N) is 1. The zero-order valence-electron chi connectivity index (χ0n) is 11.9. The standard InChI is InChI=1S/C14H18F3N3O/c1-9-5-3-4-6-10(9)8-21-12-7-11(14(15,16)17)19-13(18-2)20-12/h3-4,7,9-10H,5-6,8H2,1-2H3,(H,18,19,20). The van der Waals surface area contributed by atoms with E-state index in [4.69, 9.17) is 4.74 Å². The Kier molecular flexibility index (Phi) is 4.69. The summed E-state index contributed by atoms with van der Waals surface area (Å²) in [5.41, 5.74) is -1.01. The van der Waals surface area contributed by atoms with Crippen LogP contribution in [-0.2, 0) is 6.18 Å². The third-order valence-corrected chi connectivity index (χ3v) is 3.58. The molecule has 1 aliphatic carbocycles. The van der Waals surface area contributed by atoms with Crippen molar-refractivity contribution in [2.24, 2.45) is 11.8 Å². The number of nitrogens with zero attached hydrogens (tertiary/aromatic N) is 2. The predicted octanol–water partition coefficient (Wildman–Crippen LogP) is 3.52. The van der Waals surface area contributed by atoms with E-state index in [-0.39, 0.29) is 17.7 Å². The van der Waals surface area contributed by atoms with Crippen LogP contribution in [0.4, 0.5) is 19.1 Å². The molecule has 0 bridgehead atoms. The molecule has 0 radical (unpaired) electrons. The van der Waals surface area contributed by atoms with E-state index in [0.29, 0.717) is 12.5 Å². The van der Waals surface area contributed by atoms with E-state index in [1.54, 1.807) is 0 Å². The lowest BCUT2D eigenvalue weighted by atomic mass is 9.85. The Labute approximate surface area is 121 Å². The fourth-order valence-electron chi connectivity index (χ4n) is 2.19. The molecule has 21 heavy (non-hydrogen) atoms. The molecule has 0 aromatic carbocycles. The second-order valence-corrected chi connectivity index (χ2v) is 5.15. The summed E-state index contributed by atoms with van der Waals surface area (Å²) < 4.78 is 43.7. The average molecular weight is 301 g/mol. The molecule has 1 aromatic rings. The molecule has 0 aliphatic heterocycles. The van der Waals surface area contributed by atoms with Crippen LogP contribution in [0, 0.1) is 11.8 Å². The number of ether oxygens (including phenoxy) is 1. The van der Waals surface area contributed by atoms with Crippen LogP contribution in [0.1, 0.15) is 25.5 Å². The van der Waals surface area contributed by atoms with Gasteiger partial charge in [-0.1, -0.05) is 19.1 Å². The van der Waals surface area contributed by atoms with Crippen molar-refractivity contribution >= 4 is 5.95 Å². The largest absolute Gasteiger partial charge is 0.477 e. The molecule has 1 heterocycles. The predicted molar refractivity (Wildman–Crippen MR) is 73.1 cm³/mol. The average Bonchev–Trinajstić information content (AvgIpc) is 2.45. The van der Waals surface area contributed by atoms with Gasteiger partial charge in [0, 0.05) is 13.1 Å². The van der Waals surface area contributed by atoms with E-state index in [1.807, 2.05) is 0 Å². The van der Waals surface area contributed by atoms with Crippen LogP contribution < -0.4 is 10.1 Å². The Hall–Kier alpha value is -1.79. The summed E-state index contributed by atoms with van der Waals surface area (Å²) in [5.74, 6) is 0.583. The Morgan fingerprint density at radius 1 is 1.29 bits per heavy atom. The summed E-state index contributed by atoms with van der Waals surface area (Å²) in [5, 5.41) is 2.51. The highest BCUT2D eigenvalue weighted by Gasteiger charge is 2.34. The number of alkyl halides is 3. The highest BCUT2D eigenvalue weighted by molar-refractivity contribution is 5.31. The van der Waals surface area contributed by atoms with Crippen LogP contribution in [0.5, 0.6) is 5.88 Å². The molecular formula is C14H18F3N3O. The van der Waals surface area contributed by atoms with Crippen LogP contribution in [-0.4, -0.2) is 23.6 Å². The lowest BCUT2D eigenvalue weighted by Gasteiger charge is -2.25. The number of aromatic nitrogens is 2. The summed E-state index contributed by atoms with van der Waals surface area (Å²) in [7, 11) is 1.47. The van der Waals surface area contributed by atoms with Gasteiger partial charge in [0.05, 0.1) is 6.61 Å². The first-order valence-electron chi connectivity index (χ1n) is 6.82. The van der Waals surface area contributed by atoms with Crippen molar-refractivity contribution in [2.75, 3.05) is 19.0 Å². The highest BCUT2D eigenvalue weighted by Crippen LogP contribution is 2.31. The minimum atomic E-state index is -4.52. The van der Waals surface area contributed by atoms with Gasteiger partial charge in [0.1, 0.15) is 0 Å². The van der Waals surface area contributed by atoms with E-state index in [9.17, 15) is 13.2 Å². The van der Waals surface area contributed by atoms with Gasteiger partial charge in [0.15, 0.2) is 5.69 Å². The molecule has 2 atom stereocenters. The monoisotopic (exact) mass is 301 g/mol. The van der Waals surface area contributed by atoms with E-state index >= 15 is 0 Å². The number of rotatable bonds is 4. The SMILES string of the molecule is CNc1nc(OCC2CC=CCC2C)cc(C(F)(F)F)n1. The first-order valence-corrected chi connectivity index (χ1v) is 6.82. The van der Waals surface area contributed by atoms with Gasteiger partial charge >= 0.3 is 6.18 Å². The zero-order chi connectivity index (χ0) is 15.5. The smallest absolute Gasteiger partial charge is 0.433 e. The molecule has 2 rings (SSSR count).